The van der Waals surface area contributed by atoms with E-state index < -0.39 is 0 Å². The zero-order valence-corrected chi connectivity index (χ0v) is 10.4. The van der Waals surface area contributed by atoms with Crippen LogP contribution in [0.1, 0.15) is 21.7 Å². The van der Waals surface area contributed by atoms with Crippen molar-refractivity contribution in [1.82, 2.24) is 15.2 Å². The zero-order chi connectivity index (χ0) is 13.7. The highest BCUT2D eigenvalue weighted by Crippen LogP contribution is 2.08. The molecule has 0 saturated heterocycles. The van der Waals surface area contributed by atoms with Gasteiger partial charge in [0.15, 0.2) is 0 Å². The third-order valence-electron chi connectivity index (χ3n) is 2.38. The van der Waals surface area contributed by atoms with E-state index in [9.17, 15) is 4.79 Å². The Morgan fingerprint density at radius 2 is 2.37 bits per heavy atom. The summed E-state index contributed by atoms with van der Waals surface area (Å²) in [4.78, 5) is 16.2. The van der Waals surface area contributed by atoms with Crippen LogP contribution in [0.15, 0.2) is 24.4 Å². The Morgan fingerprint density at radius 1 is 1.53 bits per heavy atom. The lowest BCUT2D eigenvalue weighted by Gasteiger charge is -2.03. The van der Waals surface area contributed by atoms with E-state index in [4.69, 9.17) is 5.73 Å². The first-order chi connectivity index (χ1) is 9.20. The molecule has 0 aliphatic heterocycles. The van der Waals surface area contributed by atoms with Crippen LogP contribution in [-0.4, -0.2) is 27.6 Å². The van der Waals surface area contributed by atoms with E-state index >= 15 is 0 Å². The van der Waals surface area contributed by atoms with Crippen LogP contribution in [0.2, 0.25) is 0 Å². The fourth-order valence-corrected chi connectivity index (χ4v) is 1.48. The van der Waals surface area contributed by atoms with Crippen LogP contribution in [0.25, 0.3) is 0 Å². The van der Waals surface area contributed by atoms with Crippen LogP contribution < -0.4 is 11.1 Å². The summed E-state index contributed by atoms with van der Waals surface area (Å²) in [6.07, 6.45) is 1.47. The van der Waals surface area contributed by atoms with Crippen LogP contribution >= 0.6 is 0 Å². The number of aryl methyl sites for hydroxylation is 1. The summed E-state index contributed by atoms with van der Waals surface area (Å²) >= 11 is 0. The summed E-state index contributed by atoms with van der Waals surface area (Å²) in [5.41, 5.74) is 7.05. The van der Waals surface area contributed by atoms with E-state index in [1.165, 1.54) is 6.20 Å². The average Bonchev–Trinajstić information content (AvgIpc) is 2.83. The summed E-state index contributed by atoms with van der Waals surface area (Å²) in [7, 11) is 0. The maximum absolute atomic E-state index is 12.0. The predicted molar refractivity (Wildman–Crippen MR) is 71.4 cm³/mol. The lowest BCUT2D eigenvalue weighted by Crippen LogP contribution is -2.13. The van der Waals surface area contributed by atoms with Gasteiger partial charge in [-0.05, 0) is 25.0 Å². The van der Waals surface area contributed by atoms with Crippen LogP contribution in [-0.2, 0) is 0 Å². The highest BCUT2D eigenvalue weighted by molar-refractivity contribution is 6.04. The molecule has 2 rings (SSSR count). The monoisotopic (exact) mass is 255 g/mol. The first-order valence-electron chi connectivity index (χ1n) is 5.68. The Bertz CT molecular complexity index is 650. The number of nitrogens with two attached hydrogens (primary N) is 1. The van der Waals surface area contributed by atoms with Gasteiger partial charge in [-0.2, -0.15) is 5.10 Å². The van der Waals surface area contributed by atoms with Crippen molar-refractivity contribution in [2.24, 2.45) is 5.73 Å². The quantitative estimate of drug-likeness (QED) is 0.687. The van der Waals surface area contributed by atoms with Gasteiger partial charge in [0, 0.05) is 5.69 Å². The topological polar surface area (TPSA) is 96.7 Å². The minimum absolute atomic E-state index is 0.261. The molecule has 19 heavy (non-hydrogen) atoms. The molecule has 1 amide bonds. The Labute approximate surface area is 110 Å². The van der Waals surface area contributed by atoms with Crippen LogP contribution in [0.3, 0.4) is 0 Å². The standard InChI is InChI=1S/C13H13N5O/c1-9-11(8-15-18-9)13(19)17-12-6-2-4-10(16-12)5-3-7-14/h2,4,6,8H,7,14H2,1H3,(H,15,18)(H,16,17,19). The normalized spacial score (nSPS) is 9.58. The largest absolute Gasteiger partial charge is 0.320 e. The van der Waals surface area contributed by atoms with Gasteiger partial charge in [-0.3, -0.25) is 9.89 Å². The van der Waals surface area contributed by atoms with E-state index in [1.807, 2.05) is 0 Å². The SMILES string of the molecule is Cc1[nH]ncc1C(=O)Nc1cccc(C#CCN)n1. The molecule has 6 heteroatoms. The van der Waals surface area contributed by atoms with Gasteiger partial charge in [0.05, 0.1) is 18.3 Å². The molecular weight excluding hydrogens is 242 g/mol. The van der Waals surface area contributed by atoms with Gasteiger partial charge >= 0.3 is 0 Å². The maximum Gasteiger partial charge on any atom is 0.260 e. The van der Waals surface area contributed by atoms with Gasteiger partial charge in [-0.25, -0.2) is 4.98 Å². The molecule has 2 heterocycles. The third kappa shape index (κ3) is 3.18. The van der Waals surface area contributed by atoms with E-state index in [-0.39, 0.29) is 12.5 Å². The van der Waals surface area contributed by atoms with Crippen LogP contribution in [0.4, 0.5) is 5.82 Å². The molecule has 0 radical (unpaired) electrons. The molecule has 6 nitrogen and oxygen atoms in total. The molecule has 2 aromatic heterocycles. The molecule has 0 atom stereocenters. The van der Waals surface area contributed by atoms with Gasteiger partial charge in [-0.1, -0.05) is 12.0 Å². The number of aromatic amines is 1. The third-order valence-corrected chi connectivity index (χ3v) is 2.38. The molecule has 0 unspecified atom stereocenters. The molecule has 0 saturated carbocycles. The van der Waals surface area contributed by atoms with E-state index in [1.54, 1.807) is 25.1 Å². The van der Waals surface area contributed by atoms with E-state index in [2.05, 4.69) is 32.3 Å². The molecule has 4 N–H and O–H groups in total. The van der Waals surface area contributed by atoms with Gasteiger partial charge in [-0.15, -0.1) is 0 Å². The molecule has 0 spiro atoms. The molecule has 2 aromatic rings. The fraction of sp³-hybridized carbons (Fsp3) is 0.154. The number of H-pyrrole nitrogens is 1. The minimum atomic E-state index is -0.261. The fourth-order valence-electron chi connectivity index (χ4n) is 1.48. The second-order valence-electron chi connectivity index (χ2n) is 3.78. The number of pyridine rings is 1. The zero-order valence-electron chi connectivity index (χ0n) is 10.4. The van der Waals surface area contributed by atoms with Gasteiger partial charge in [0.25, 0.3) is 5.91 Å². The van der Waals surface area contributed by atoms with Crippen molar-refractivity contribution >= 4 is 11.7 Å². The Morgan fingerprint density at radius 3 is 3.05 bits per heavy atom. The van der Waals surface area contributed by atoms with Crippen LogP contribution in [0.5, 0.6) is 0 Å². The van der Waals surface area contributed by atoms with Crippen molar-refractivity contribution in [3.05, 3.63) is 41.3 Å². The summed E-state index contributed by atoms with van der Waals surface area (Å²) in [6, 6.07) is 5.22. The van der Waals surface area contributed by atoms with Crippen LogP contribution in [0, 0.1) is 18.8 Å². The molecule has 0 aliphatic rings. The van der Waals surface area contributed by atoms with Gasteiger partial charge < -0.3 is 11.1 Å². The van der Waals surface area contributed by atoms with Crippen molar-refractivity contribution in [3.63, 3.8) is 0 Å². The number of rotatable bonds is 2. The summed E-state index contributed by atoms with van der Waals surface area (Å²) in [5.74, 6) is 5.70. The van der Waals surface area contributed by atoms with Crippen molar-refractivity contribution in [3.8, 4) is 11.8 Å². The Kier molecular flexibility index (Phi) is 3.90. The first-order valence-corrected chi connectivity index (χ1v) is 5.68. The minimum Gasteiger partial charge on any atom is -0.320 e. The molecular formula is C13H13N5O. The Balaban J connectivity index is 2.15. The second kappa shape index (κ2) is 5.80. The number of nitrogens with zero attached hydrogens (tertiary/aromatic N) is 2. The maximum atomic E-state index is 12.0. The lowest BCUT2D eigenvalue weighted by atomic mass is 10.2. The van der Waals surface area contributed by atoms with Crippen molar-refractivity contribution < 1.29 is 4.79 Å². The number of anilines is 1. The second-order valence-corrected chi connectivity index (χ2v) is 3.78. The smallest absolute Gasteiger partial charge is 0.260 e. The van der Waals surface area contributed by atoms with E-state index in [0.29, 0.717) is 22.8 Å². The Hall–Kier alpha value is -2.65. The molecule has 0 aromatic carbocycles. The van der Waals surface area contributed by atoms with E-state index in [0.717, 1.165) is 0 Å². The van der Waals surface area contributed by atoms with Crippen molar-refractivity contribution in [1.29, 1.82) is 0 Å². The number of aromatic nitrogens is 3. The molecule has 0 fully saturated rings. The van der Waals surface area contributed by atoms with Gasteiger partial charge in [0.1, 0.15) is 11.5 Å². The lowest BCUT2D eigenvalue weighted by molar-refractivity contribution is 0.102. The number of amides is 1. The highest BCUT2D eigenvalue weighted by atomic mass is 16.1. The molecule has 0 aliphatic carbocycles. The number of hydrogen-bond acceptors (Lipinski definition) is 4. The average molecular weight is 255 g/mol. The summed E-state index contributed by atoms with van der Waals surface area (Å²) < 4.78 is 0. The highest BCUT2D eigenvalue weighted by Gasteiger charge is 2.11. The molecule has 96 valence electrons. The summed E-state index contributed by atoms with van der Waals surface area (Å²) in [5, 5.41) is 9.20. The van der Waals surface area contributed by atoms with Crippen molar-refractivity contribution in [2.45, 2.75) is 6.92 Å². The number of carbonyl (C=O) groups excluding carboxylic acids is 1. The summed E-state index contributed by atoms with van der Waals surface area (Å²) in [6.45, 7) is 2.05. The number of nitrogens with one attached hydrogen (secondary N) is 2. The number of hydrogen-bond donors (Lipinski definition) is 3. The first kappa shape index (κ1) is 12.8. The van der Waals surface area contributed by atoms with Crippen molar-refractivity contribution in [2.75, 3.05) is 11.9 Å². The predicted octanol–water partition coefficient (Wildman–Crippen LogP) is 0.676. The van der Waals surface area contributed by atoms with Gasteiger partial charge in [0.2, 0.25) is 0 Å². The number of carbonyl (C=O) groups is 1. The molecule has 0 bridgehead atoms.